The average molecular weight is 268 g/mol. The third-order valence-electron chi connectivity index (χ3n) is 2.75. The van der Waals surface area contributed by atoms with Crippen LogP contribution in [-0.4, -0.2) is 5.97 Å². The molecular weight excluding hydrogens is 252 g/mol. The standard InChI is InChI=1S/C16H16N2O2/c17-14-8-7-13(15(18)10-14)11-20-16(19)9-6-12-4-2-1-3-5-12/h1-10H,11,17-18H2. The zero-order chi connectivity index (χ0) is 14.4. The molecule has 102 valence electrons. The molecule has 0 unspecified atom stereocenters. The number of carbonyl (C=O) groups is 1. The van der Waals surface area contributed by atoms with Crippen LogP contribution in [-0.2, 0) is 16.1 Å². The second-order valence-electron chi connectivity index (χ2n) is 4.31. The minimum Gasteiger partial charge on any atom is -0.458 e. The molecule has 0 aliphatic heterocycles. The van der Waals surface area contributed by atoms with Gasteiger partial charge in [0.25, 0.3) is 0 Å². The van der Waals surface area contributed by atoms with E-state index >= 15 is 0 Å². The van der Waals surface area contributed by atoms with Gasteiger partial charge in [0.1, 0.15) is 6.61 Å². The van der Waals surface area contributed by atoms with Crippen molar-refractivity contribution >= 4 is 23.4 Å². The van der Waals surface area contributed by atoms with E-state index < -0.39 is 5.97 Å². The Kier molecular flexibility index (Phi) is 4.39. The Morgan fingerprint density at radius 3 is 2.55 bits per heavy atom. The fourth-order valence-corrected chi connectivity index (χ4v) is 1.67. The van der Waals surface area contributed by atoms with Crippen molar-refractivity contribution in [3.05, 3.63) is 65.7 Å². The molecule has 2 aromatic rings. The van der Waals surface area contributed by atoms with Crippen LogP contribution < -0.4 is 11.5 Å². The van der Waals surface area contributed by atoms with Gasteiger partial charge in [0, 0.05) is 23.0 Å². The molecule has 0 atom stereocenters. The summed E-state index contributed by atoms with van der Waals surface area (Å²) in [4.78, 5) is 11.6. The van der Waals surface area contributed by atoms with E-state index in [2.05, 4.69) is 0 Å². The molecule has 0 saturated heterocycles. The van der Waals surface area contributed by atoms with Crippen molar-refractivity contribution in [3.8, 4) is 0 Å². The summed E-state index contributed by atoms with van der Waals surface area (Å²) in [5.74, 6) is -0.412. The van der Waals surface area contributed by atoms with Crippen LogP contribution in [0.5, 0.6) is 0 Å². The van der Waals surface area contributed by atoms with Crippen LogP contribution in [0.25, 0.3) is 6.08 Å². The number of benzene rings is 2. The van der Waals surface area contributed by atoms with Crippen molar-refractivity contribution in [2.24, 2.45) is 0 Å². The largest absolute Gasteiger partial charge is 0.458 e. The van der Waals surface area contributed by atoms with Gasteiger partial charge < -0.3 is 16.2 Å². The minimum absolute atomic E-state index is 0.129. The van der Waals surface area contributed by atoms with Gasteiger partial charge in [0.15, 0.2) is 0 Å². The highest BCUT2D eigenvalue weighted by Crippen LogP contribution is 2.16. The number of esters is 1. The summed E-state index contributed by atoms with van der Waals surface area (Å²) in [7, 11) is 0. The molecule has 0 aromatic heterocycles. The van der Waals surface area contributed by atoms with Crippen LogP contribution in [0.15, 0.2) is 54.6 Å². The number of nitrogen functional groups attached to an aromatic ring is 2. The highest BCUT2D eigenvalue weighted by Gasteiger charge is 2.03. The molecule has 4 nitrogen and oxygen atoms in total. The zero-order valence-corrected chi connectivity index (χ0v) is 11.0. The fourth-order valence-electron chi connectivity index (χ4n) is 1.67. The van der Waals surface area contributed by atoms with E-state index in [0.29, 0.717) is 11.4 Å². The number of hydrogen-bond donors (Lipinski definition) is 2. The van der Waals surface area contributed by atoms with E-state index in [1.807, 2.05) is 30.3 Å². The summed E-state index contributed by atoms with van der Waals surface area (Å²) >= 11 is 0. The van der Waals surface area contributed by atoms with Gasteiger partial charge in [-0.1, -0.05) is 36.4 Å². The lowest BCUT2D eigenvalue weighted by Gasteiger charge is -2.06. The Balaban J connectivity index is 1.91. The number of anilines is 2. The van der Waals surface area contributed by atoms with Gasteiger partial charge in [-0.25, -0.2) is 4.79 Å². The van der Waals surface area contributed by atoms with Crippen LogP contribution in [0.3, 0.4) is 0 Å². The molecule has 0 aliphatic rings. The monoisotopic (exact) mass is 268 g/mol. The van der Waals surface area contributed by atoms with Gasteiger partial charge in [0.05, 0.1) is 0 Å². The molecule has 0 aliphatic carbocycles. The number of carbonyl (C=O) groups excluding carboxylic acids is 1. The molecule has 0 saturated carbocycles. The van der Waals surface area contributed by atoms with Crippen LogP contribution in [0, 0.1) is 0 Å². The fraction of sp³-hybridized carbons (Fsp3) is 0.0625. The van der Waals surface area contributed by atoms with E-state index in [-0.39, 0.29) is 6.61 Å². The summed E-state index contributed by atoms with van der Waals surface area (Å²) in [6.07, 6.45) is 3.09. The molecule has 4 N–H and O–H groups in total. The Morgan fingerprint density at radius 2 is 1.85 bits per heavy atom. The number of hydrogen-bond acceptors (Lipinski definition) is 4. The number of ether oxygens (including phenoxy) is 1. The summed E-state index contributed by atoms with van der Waals surface area (Å²) in [5, 5.41) is 0. The molecule has 0 amide bonds. The minimum atomic E-state index is -0.412. The van der Waals surface area contributed by atoms with Crippen molar-refractivity contribution < 1.29 is 9.53 Å². The Bertz CT molecular complexity index is 622. The maximum absolute atomic E-state index is 11.6. The van der Waals surface area contributed by atoms with Crippen LogP contribution in [0.2, 0.25) is 0 Å². The third kappa shape index (κ3) is 3.88. The van der Waals surface area contributed by atoms with Crippen molar-refractivity contribution in [1.82, 2.24) is 0 Å². The van der Waals surface area contributed by atoms with E-state index in [1.165, 1.54) is 6.08 Å². The summed E-state index contributed by atoms with van der Waals surface area (Å²) in [6, 6.07) is 14.6. The Morgan fingerprint density at radius 1 is 1.10 bits per heavy atom. The first-order valence-corrected chi connectivity index (χ1v) is 6.19. The smallest absolute Gasteiger partial charge is 0.331 e. The van der Waals surface area contributed by atoms with Gasteiger partial charge in [-0.05, 0) is 23.8 Å². The van der Waals surface area contributed by atoms with Gasteiger partial charge in [-0.15, -0.1) is 0 Å². The molecule has 4 heteroatoms. The molecule has 0 spiro atoms. The predicted molar refractivity (Wildman–Crippen MR) is 80.5 cm³/mol. The maximum Gasteiger partial charge on any atom is 0.331 e. The Hall–Kier alpha value is -2.75. The summed E-state index contributed by atoms with van der Waals surface area (Å²) in [5.41, 5.74) is 14.2. The molecular formula is C16H16N2O2. The predicted octanol–water partition coefficient (Wildman–Crippen LogP) is 2.61. The molecule has 0 bridgehead atoms. The van der Waals surface area contributed by atoms with Crippen molar-refractivity contribution in [2.45, 2.75) is 6.61 Å². The third-order valence-corrected chi connectivity index (χ3v) is 2.75. The van der Waals surface area contributed by atoms with Gasteiger partial charge >= 0.3 is 5.97 Å². The van der Waals surface area contributed by atoms with E-state index in [9.17, 15) is 4.79 Å². The Labute approximate surface area is 117 Å². The van der Waals surface area contributed by atoms with Gasteiger partial charge in [0.2, 0.25) is 0 Å². The average Bonchev–Trinajstić information content (AvgIpc) is 2.45. The number of rotatable bonds is 4. The van der Waals surface area contributed by atoms with Crippen molar-refractivity contribution in [2.75, 3.05) is 11.5 Å². The van der Waals surface area contributed by atoms with Crippen LogP contribution in [0.4, 0.5) is 11.4 Å². The lowest BCUT2D eigenvalue weighted by Crippen LogP contribution is -2.03. The van der Waals surface area contributed by atoms with Gasteiger partial charge in [-0.3, -0.25) is 0 Å². The number of nitrogens with two attached hydrogens (primary N) is 2. The first-order chi connectivity index (χ1) is 9.65. The maximum atomic E-state index is 11.6. The molecule has 2 aromatic carbocycles. The molecule has 2 rings (SSSR count). The highest BCUT2D eigenvalue weighted by atomic mass is 16.5. The molecule has 0 fully saturated rings. The first kappa shape index (κ1) is 13.7. The second kappa shape index (κ2) is 6.43. The quantitative estimate of drug-likeness (QED) is 0.507. The first-order valence-electron chi connectivity index (χ1n) is 6.19. The lowest BCUT2D eigenvalue weighted by molar-refractivity contribution is -0.138. The SMILES string of the molecule is Nc1ccc(COC(=O)C=Cc2ccccc2)c(N)c1. The summed E-state index contributed by atoms with van der Waals surface area (Å²) in [6.45, 7) is 0.129. The van der Waals surface area contributed by atoms with E-state index in [4.69, 9.17) is 16.2 Å². The van der Waals surface area contributed by atoms with Gasteiger partial charge in [-0.2, -0.15) is 0 Å². The lowest BCUT2D eigenvalue weighted by atomic mass is 10.2. The highest BCUT2D eigenvalue weighted by molar-refractivity contribution is 5.87. The van der Waals surface area contributed by atoms with Crippen molar-refractivity contribution in [3.63, 3.8) is 0 Å². The van der Waals surface area contributed by atoms with E-state index in [0.717, 1.165) is 11.1 Å². The normalized spacial score (nSPS) is 10.6. The topological polar surface area (TPSA) is 78.3 Å². The molecule has 20 heavy (non-hydrogen) atoms. The summed E-state index contributed by atoms with van der Waals surface area (Å²) < 4.78 is 5.12. The van der Waals surface area contributed by atoms with Crippen LogP contribution >= 0.6 is 0 Å². The van der Waals surface area contributed by atoms with Crippen LogP contribution in [0.1, 0.15) is 11.1 Å². The molecule has 0 heterocycles. The molecule has 0 radical (unpaired) electrons. The zero-order valence-electron chi connectivity index (χ0n) is 11.0. The van der Waals surface area contributed by atoms with E-state index in [1.54, 1.807) is 24.3 Å². The second-order valence-corrected chi connectivity index (χ2v) is 4.31. The van der Waals surface area contributed by atoms with Crippen molar-refractivity contribution in [1.29, 1.82) is 0 Å².